The molecule has 3 heteroatoms. The van der Waals surface area contributed by atoms with Crippen molar-refractivity contribution in [3.63, 3.8) is 0 Å². The van der Waals surface area contributed by atoms with E-state index in [1.165, 1.54) is 10.9 Å². The fourth-order valence-electron chi connectivity index (χ4n) is 1.83. The van der Waals surface area contributed by atoms with Crippen LogP contribution in [-0.4, -0.2) is 23.2 Å². The Balaban J connectivity index is 2.08. The molecule has 2 N–H and O–H groups in total. The first-order chi connectivity index (χ1) is 8.31. The minimum Gasteiger partial charge on any atom is -0.396 e. The van der Waals surface area contributed by atoms with Gasteiger partial charge in [0.25, 0.3) is 0 Å². The summed E-state index contributed by atoms with van der Waals surface area (Å²) in [6.45, 7) is 3.89. The van der Waals surface area contributed by atoms with Gasteiger partial charge in [-0.1, -0.05) is 25.1 Å². The van der Waals surface area contributed by atoms with Crippen LogP contribution in [0, 0.1) is 5.92 Å². The van der Waals surface area contributed by atoms with Crippen molar-refractivity contribution in [2.24, 2.45) is 5.92 Å². The number of benzene rings is 1. The number of para-hydroxylation sites is 1. The Labute approximate surface area is 102 Å². The van der Waals surface area contributed by atoms with Crippen molar-refractivity contribution in [2.45, 2.75) is 13.5 Å². The molecule has 1 atom stereocenters. The Morgan fingerprint density at radius 3 is 2.94 bits per heavy atom. The highest BCUT2D eigenvalue weighted by atomic mass is 16.3. The lowest BCUT2D eigenvalue weighted by Gasteiger charge is -2.10. The van der Waals surface area contributed by atoms with E-state index in [4.69, 9.17) is 5.11 Å². The van der Waals surface area contributed by atoms with Gasteiger partial charge in [-0.25, -0.2) is 0 Å². The molecule has 3 nitrogen and oxygen atoms in total. The zero-order chi connectivity index (χ0) is 12.1. The minimum absolute atomic E-state index is 0.226. The molecular weight excluding hydrogens is 212 g/mol. The molecule has 1 heterocycles. The molecule has 0 radical (unpaired) electrons. The molecular formula is C14H18N2O. The topological polar surface area (TPSA) is 45.1 Å². The van der Waals surface area contributed by atoms with E-state index in [0.29, 0.717) is 5.92 Å². The molecule has 2 rings (SSSR count). The van der Waals surface area contributed by atoms with Gasteiger partial charge in [0.05, 0.1) is 5.52 Å². The second-order valence-corrected chi connectivity index (χ2v) is 4.41. The van der Waals surface area contributed by atoms with Crippen LogP contribution in [0.3, 0.4) is 0 Å². The third-order valence-corrected chi connectivity index (χ3v) is 2.86. The summed E-state index contributed by atoms with van der Waals surface area (Å²) >= 11 is 0. The number of hydrogen-bond acceptors (Lipinski definition) is 3. The molecule has 0 bridgehead atoms. The smallest absolute Gasteiger partial charge is 0.0705 e. The molecule has 0 spiro atoms. The number of fused-ring (bicyclic) bond motifs is 1. The van der Waals surface area contributed by atoms with Crippen molar-refractivity contribution >= 4 is 10.9 Å². The molecule has 0 fully saturated rings. The molecule has 0 aliphatic heterocycles. The highest BCUT2D eigenvalue weighted by Gasteiger charge is 2.02. The maximum absolute atomic E-state index is 8.95. The summed E-state index contributed by atoms with van der Waals surface area (Å²) in [5.74, 6) is 0.295. The second-order valence-electron chi connectivity index (χ2n) is 4.41. The van der Waals surface area contributed by atoms with E-state index in [-0.39, 0.29) is 6.61 Å². The van der Waals surface area contributed by atoms with Crippen LogP contribution in [0.15, 0.2) is 36.5 Å². The quantitative estimate of drug-likeness (QED) is 0.825. The van der Waals surface area contributed by atoms with Crippen LogP contribution >= 0.6 is 0 Å². The number of hydrogen-bond donors (Lipinski definition) is 2. The van der Waals surface area contributed by atoms with Crippen LogP contribution in [0.1, 0.15) is 12.5 Å². The normalized spacial score (nSPS) is 12.8. The van der Waals surface area contributed by atoms with Crippen LogP contribution < -0.4 is 5.32 Å². The van der Waals surface area contributed by atoms with Gasteiger partial charge in [-0.3, -0.25) is 4.98 Å². The molecule has 0 aliphatic carbocycles. The Kier molecular flexibility index (Phi) is 4.07. The second kappa shape index (κ2) is 5.75. The lowest BCUT2D eigenvalue weighted by molar-refractivity contribution is 0.233. The van der Waals surface area contributed by atoms with Crippen molar-refractivity contribution in [1.29, 1.82) is 0 Å². The summed E-state index contributed by atoms with van der Waals surface area (Å²) in [6.07, 6.45) is 1.84. The first-order valence-electron chi connectivity index (χ1n) is 5.95. The molecule has 0 aliphatic rings. The highest BCUT2D eigenvalue weighted by molar-refractivity contribution is 5.81. The van der Waals surface area contributed by atoms with Crippen molar-refractivity contribution in [3.05, 3.63) is 42.1 Å². The molecule has 0 saturated carbocycles. The minimum atomic E-state index is 0.226. The molecule has 0 saturated heterocycles. The van der Waals surface area contributed by atoms with Gasteiger partial charge < -0.3 is 10.4 Å². The van der Waals surface area contributed by atoms with E-state index in [1.54, 1.807) is 0 Å². The van der Waals surface area contributed by atoms with Gasteiger partial charge in [-0.05, 0) is 23.6 Å². The number of pyridine rings is 1. The standard InChI is InChI=1S/C14H18N2O/c1-11(10-17)8-15-9-12-6-7-16-14-5-3-2-4-13(12)14/h2-7,11,15,17H,8-10H2,1H3. The number of aromatic nitrogens is 1. The average Bonchev–Trinajstić information content (AvgIpc) is 2.39. The zero-order valence-corrected chi connectivity index (χ0v) is 10.1. The van der Waals surface area contributed by atoms with Crippen LogP contribution in [-0.2, 0) is 6.54 Å². The first-order valence-corrected chi connectivity index (χ1v) is 5.95. The third kappa shape index (κ3) is 3.02. The molecule has 90 valence electrons. The summed E-state index contributed by atoms with van der Waals surface area (Å²) in [4.78, 5) is 4.33. The van der Waals surface area contributed by atoms with Gasteiger partial charge in [0.15, 0.2) is 0 Å². The number of aliphatic hydroxyl groups excluding tert-OH is 1. The summed E-state index contributed by atoms with van der Waals surface area (Å²) in [6, 6.07) is 10.2. The van der Waals surface area contributed by atoms with Crippen molar-refractivity contribution in [2.75, 3.05) is 13.2 Å². The monoisotopic (exact) mass is 230 g/mol. The van der Waals surface area contributed by atoms with E-state index in [2.05, 4.69) is 16.4 Å². The van der Waals surface area contributed by atoms with Gasteiger partial charge in [0.1, 0.15) is 0 Å². The molecule has 1 aromatic heterocycles. The van der Waals surface area contributed by atoms with Crippen molar-refractivity contribution in [1.82, 2.24) is 10.3 Å². The molecule has 1 unspecified atom stereocenters. The average molecular weight is 230 g/mol. The maximum atomic E-state index is 8.95. The third-order valence-electron chi connectivity index (χ3n) is 2.86. The van der Waals surface area contributed by atoms with Gasteiger partial charge >= 0.3 is 0 Å². The Morgan fingerprint density at radius 1 is 1.29 bits per heavy atom. The van der Waals surface area contributed by atoms with Crippen LogP contribution in [0.25, 0.3) is 10.9 Å². The van der Waals surface area contributed by atoms with Crippen LogP contribution in [0.4, 0.5) is 0 Å². The van der Waals surface area contributed by atoms with Crippen molar-refractivity contribution in [3.8, 4) is 0 Å². The summed E-state index contributed by atoms with van der Waals surface area (Å²) in [5, 5.41) is 13.5. The van der Waals surface area contributed by atoms with Crippen LogP contribution in [0.2, 0.25) is 0 Å². The van der Waals surface area contributed by atoms with E-state index >= 15 is 0 Å². The predicted octanol–water partition coefficient (Wildman–Crippen LogP) is 1.95. The molecule has 17 heavy (non-hydrogen) atoms. The first kappa shape index (κ1) is 12.0. The van der Waals surface area contributed by atoms with Gasteiger partial charge in [-0.2, -0.15) is 0 Å². The fraction of sp³-hybridized carbons (Fsp3) is 0.357. The number of aliphatic hydroxyl groups is 1. The van der Waals surface area contributed by atoms with Crippen molar-refractivity contribution < 1.29 is 5.11 Å². The molecule has 2 aromatic rings. The van der Waals surface area contributed by atoms with Gasteiger partial charge in [-0.15, -0.1) is 0 Å². The maximum Gasteiger partial charge on any atom is 0.0705 e. The summed E-state index contributed by atoms with van der Waals surface area (Å²) < 4.78 is 0. The lowest BCUT2D eigenvalue weighted by atomic mass is 10.1. The number of nitrogens with zero attached hydrogens (tertiary/aromatic N) is 1. The Morgan fingerprint density at radius 2 is 2.12 bits per heavy atom. The number of rotatable bonds is 5. The van der Waals surface area contributed by atoms with Gasteiger partial charge in [0.2, 0.25) is 0 Å². The largest absolute Gasteiger partial charge is 0.396 e. The molecule has 1 aromatic carbocycles. The summed E-state index contributed by atoms with van der Waals surface area (Å²) in [5.41, 5.74) is 2.28. The predicted molar refractivity (Wildman–Crippen MR) is 69.7 cm³/mol. The Hall–Kier alpha value is -1.45. The van der Waals surface area contributed by atoms with Gasteiger partial charge in [0, 0.05) is 31.3 Å². The SMILES string of the molecule is CC(CO)CNCc1ccnc2ccccc12. The highest BCUT2D eigenvalue weighted by Crippen LogP contribution is 2.15. The Bertz CT molecular complexity index is 479. The number of nitrogens with one attached hydrogen (secondary N) is 1. The van der Waals surface area contributed by atoms with E-state index in [9.17, 15) is 0 Å². The summed E-state index contributed by atoms with van der Waals surface area (Å²) in [7, 11) is 0. The fourth-order valence-corrected chi connectivity index (χ4v) is 1.83. The van der Waals surface area contributed by atoms with E-state index in [1.807, 2.05) is 37.4 Å². The van der Waals surface area contributed by atoms with E-state index in [0.717, 1.165) is 18.6 Å². The zero-order valence-electron chi connectivity index (χ0n) is 10.1. The van der Waals surface area contributed by atoms with Crippen LogP contribution in [0.5, 0.6) is 0 Å². The molecule has 0 amide bonds. The lowest BCUT2D eigenvalue weighted by Crippen LogP contribution is -2.22. The van der Waals surface area contributed by atoms with E-state index < -0.39 is 0 Å².